The van der Waals surface area contributed by atoms with Gasteiger partial charge >= 0.3 is 5.97 Å². The monoisotopic (exact) mass is 452 g/mol. The lowest BCUT2D eigenvalue weighted by atomic mass is 9.98. The van der Waals surface area contributed by atoms with Crippen LogP contribution in [0.2, 0.25) is 0 Å². The van der Waals surface area contributed by atoms with Gasteiger partial charge in [-0.05, 0) is 12.8 Å². The molecule has 1 aliphatic rings. The van der Waals surface area contributed by atoms with Gasteiger partial charge in [0.1, 0.15) is 18.8 Å². The third-order valence-corrected chi connectivity index (χ3v) is 5.18. The van der Waals surface area contributed by atoms with Gasteiger partial charge in [-0.25, -0.2) is 9.37 Å². The fourth-order valence-corrected chi connectivity index (χ4v) is 3.45. The number of nitrogens with one attached hydrogen (secondary N) is 2. The van der Waals surface area contributed by atoms with Crippen LogP contribution in [0.1, 0.15) is 46.8 Å². The standard InChI is InChI=1S/C20H29FN6O5/c1-6-12(28)24-19-25-16(22-5)14-17(26-19)27(9-23-14)18-20(4,21)15(30)11(32-18)8-31-13(29)7-10(2)3/h9-11,15,18,30H,6-8H2,1-5H3,(H2,22,24,25,26,28)/t11-,15-,18-,20-/m1/s1. The number of carbonyl (C=O) groups excluding carboxylic acids is 2. The number of aromatic nitrogens is 4. The molecule has 0 spiro atoms. The summed E-state index contributed by atoms with van der Waals surface area (Å²) < 4.78 is 27.9. The van der Waals surface area contributed by atoms with Gasteiger partial charge < -0.3 is 19.9 Å². The maximum absolute atomic E-state index is 15.6. The molecule has 32 heavy (non-hydrogen) atoms. The molecule has 3 N–H and O–H groups in total. The second-order valence-electron chi connectivity index (χ2n) is 8.28. The number of carbonyl (C=O) groups is 2. The first-order chi connectivity index (χ1) is 15.1. The number of rotatable bonds is 8. The maximum atomic E-state index is 15.6. The van der Waals surface area contributed by atoms with Crippen LogP contribution in [-0.4, -0.2) is 68.0 Å². The number of amides is 1. The van der Waals surface area contributed by atoms with E-state index in [1.54, 1.807) is 14.0 Å². The highest BCUT2D eigenvalue weighted by Crippen LogP contribution is 2.42. The highest BCUT2D eigenvalue weighted by Gasteiger charge is 2.55. The van der Waals surface area contributed by atoms with Crippen molar-refractivity contribution in [1.29, 1.82) is 0 Å². The Bertz CT molecular complexity index is 994. The van der Waals surface area contributed by atoms with E-state index in [1.165, 1.54) is 17.8 Å². The van der Waals surface area contributed by atoms with Crippen LogP contribution < -0.4 is 10.6 Å². The summed E-state index contributed by atoms with van der Waals surface area (Å²) in [6.07, 6.45) is -2.16. The van der Waals surface area contributed by atoms with Crippen molar-refractivity contribution in [2.24, 2.45) is 5.92 Å². The predicted molar refractivity (Wildman–Crippen MR) is 114 cm³/mol. The topological polar surface area (TPSA) is 140 Å². The quantitative estimate of drug-likeness (QED) is 0.511. The molecule has 0 unspecified atom stereocenters. The van der Waals surface area contributed by atoms with Crippen LogP contribution in [0.5, 0.6) is 0 Å². The van der Waals surface area contributed by atoms with E-state index in [4.69, 9.17) is 9.47 Å². The van der Waals surface area contributed by atoms with E-state index in [1.807, 2.05) is 13.8 Å². The first kappa shape index (κ1) is 23.8. The predicted octanol–water partition coefficient (Wildman–Crippen LogP) is 1.79. The number of esters is 1. The van der Waals surface area contributed by atoms with Crippen molar-refractivity contribution in [1.82, 2.24) is 19.5 Å². The molecular weight excluding hydrogens is 423 g/mol. The summed E-state index contributed by atoms with van der Waals surface area (Å²) in [4.78, 5) is 36.4. The van der Waals surface area contributed by atoms with Crippen molar-refractivity contribution in [2.45, 2.75) is 64.6 Å². The molecule has 0 aromatic carbocycles. The van der Waals surface area contributed by atoms with E-state index < -0.39 is 30.1 Å². The zero-order valence-electron chi connectivity index (χ0n) is 18.8. The van der Waals surface area contributed by atoms with E-state index in [-0.39, 0.29) is 42.9 Å². The lowest BCUT2D eigenvalue weighted by Crippen LogP contribution is -2.41. The van der Waals surface area contributed by atoms with Crippen LogP contribution in [0.4, 0.5) is 16.2 Å². The van der Waals surface area contributed by atoms with Crippen LogP contribution >= 0.6 is 0 Å². The largest absolute Gasteiger partial charge is 0.463 e. The molecule has 12 heteroatoms. The normalized spacial score (nSPS) is 25.3. The van der Waals surface area contributed by atoms with Crippen molar-refractivity contribution >= 4 is 34.8 Å². The molecule has 11 nitrogen and oxygen atoms in total. The molecule has 1 amide bonds. The Kier molecular flexibility index (Phi) is 6.94. The van der Waals surface area contributed by atoms with Crippen LogP contribution in [0.25, 0.3) is 11.2 Å². The molecule has 0 saturated carbocycles. The number of aliphatic hydroxyl groups is 1. The summed E-state index contributed by atoms with van der Waals surface area (Å²) in [7, 11) is 1.63. The highest BCUT2D eigenvalue weighted by atomic mass is 19.1. The van der Waals surface area contributed by atoms with Crippen molar-refractivity contribution in [3.8, 4) is 0 Å². The number of hydrogen-bond acceptors (Lipinski definition) is 9. The Labute approximate surface area is 184 Å². The Morgan fingerprint density at radius 3 is 2.75 bits per heavy atom. The van der Waals surface area contributed by atoms with Gasteiger partial charge in [-0.15, -0.1) is 0 Å². The lowest BCUT2D eigenvalue weighted by Gasteiger charge is -2.24. The molecule has 0 bridgehead atoms. The van der Waals surface area contributed by atoms with Gasteiger partial charge in [0, 0.05) is 19.9 Å². The first-order valence-corrected chi connectivity index (χ1v) is 10.5. The number of imidazole rings is 1. The van der Waals surface area contributed by atoms with Gasteiger partial charge in [0.05, 0.1) is 6.33 Å². The fourth-order valence-electron chi connectivity index (χ4n) is 3.45. The number of alkyl halides is 1. The Hall–Kier alpha value is -2.86. The molecule has 2 aromatic rings. The molecule has 0 aliphatic carbocycles. The van der Waals surface area contributed by atoms with Crippen LogP contribution in [0, 0.1) is 5.92 Å². The molecule has 0 radical (unpaired) electrons. The third-order valence-electron chi connectivity index (χ3n) is 5.18. The summed E-state index contributed by atoms with van der Waals surface area (Å²) in [6, 6.07) is 0. The number of halogens is 1. The number of ether oxygens (including phenoxy) is 2. The van der Waals surface area contributed by atoms with E-state index in [9.17, 15) is 14.7 Å². The maximum Gasteiger partial charge on any atom is 0.306 e. The molecule has 4 atom stereocenters. The minimum absolute atomic E-state index is 0.0220. The molecule has 3 heterocycles. The van der Waals surface area contributed by atoms with Gasteiger partial charge in [0.25, 0.3) is 0 Å². The average Bonchev–Trinajstić information content (AvgIpc) is 3.24. The SMILES string of the molecule is CCC(=O)Nc1nc(NC)c2ncn([C@@H]3O[C@H](COC(=O)CC(C)C)[C@@H](O)[C@@]3(C)F)c2n1. The summed E-state index contributed by atoms with van der Waals surface area (Å²) in [6.45, 7) is 6.35. The van der Waals surface area contributed by atoms with Gasteiger partial charge in [0.15, 0.2) is 28.9 Å². The highest BCUT2D eigenvalue weighted by molar-refractivity contribution is 5.91. The Morgan fingerprint density at radius 2 is 2.12 bits per heavy atom. The van der Waals surface area contributed by atoms with Crippen molar-refractivity contribution in [3.05, 3.63) is 6.33 Å². The van der Waals surface area contributed by atoms with Gasteiger partial charge in [-0.1, -0.05) is 20.8 Å². The number of hydrogen-bond donors (Lipinski definition) is 3. The summed E-state index contributed by atoms with van der Waals surface area (Å²) in [5, 5.41) is 16.0. The zero-order chi connectivity index (χ0) is 23.6. The molecule has 1 saturated heterocycles. The second-order valence-corrected chi connectivity index (χ2v) is 8.28. The van der Waals surface area contributed by atoms with Crippen LogP contribution in [0.15, 0.2) is 6.33 Å². The second kappa shape index (κ2) is 9.33. The number of anilines is 2. The molecule has 3 rings (SSSR count). The molecule has 2 aromatic heterocycles. The number of fused-ring (bicyclic) bond motifs is 1. The zero-order valence-corrected chi connectivity index (χ0v) is 18.8. The van der Waals surface area contributed by atoms with Crippen LogP contribution in [-0.2, 0) is 19.1 Å². The average molecular weight is 452 g/mol. The molecule has 1 aliphatic heterocycles. The van der Waals surface area contributed by atoms with Crippen molar-refractivity contribution in [3.63, 3.8) is 0 Å². The fraction of sp³-hybridized carbons (Fsp3) is 0.650. The van der Waals surface area contributed by atoms with Crippen molar-refractivity contribution in [2.75, 3.05) is 24.3 Å². The minimum Gasteiger partial charge on any atom is -0.463 e. The number of nitrogens with zero attached hydrogens (tertiary/aromatic N) is 4. The van der Waals surface area contributed by atoms with Crippen molar-refractivity contribution < 1.29 is 28.6 Å². The summed E-state index contributed by atoms with van der Waals surface area (Å²) in [5.74, 6) is -0.275. The Balaban J connectivity index is 1.90. The number of aliphatic hydroxyl groups excluding tert-OH is 1. The first-order valence-electron chi connectivity index (χ1n) is 10.5. The summed E-state index contributed by atoms with van der Waals surface area (Å²) in [5.41, 5.74) is -1.70. The van der Waals surface area contributed by atoms with E-state index in [2.05, 4.69) is 25.6 Å². The molecule has 176 valence electrons. The third kappa shape index (κ3) is 4.65. The van der Waals surface area contributed by atoms with E-state index in [0.29, 0.717) is 11.3 Å². The molecular formula is C20H29FN6O5. The smallest absolute Gasteiger partial charge is 0.306 e. The minimum atomic E-state index is -2.24. The van der Waals surface area contributed by atoms with E-state index in [0.717, 1.165) is 0 Å². The van der Waals surface area contributed by atoms with Gasteiger partial charge in [-0.3, -0.25) is 19.5 Å². The van der Waals surface area contributed by atoms with Crippen LogP contribution in [0.3, 0.4) is 0 Å². The summed E-state index contributed by atoms with van der Waals surface area (Å²) >= 11 is 0. The Morgan fingerprint density at radius 1 is 1.41 bits per heavy atom. The van der Waals surface area contributed by atoms with E-state index >= 15 is 4.39 Å². The molecule has 1 fully saturated rings. The van der Waals surface area contributed by atoms with Gasteiger partial charge in [0.2, 0.25) is 11.9 Å². The lowest BCUT2D eigenvalue weighted by molar-refractivity contribution is -0.150. The van der Waals surface area contributed by atoms with Gasteiger partial charge in [-0.2, -0.15) is 9.97 Å².